The van der Waals surface area contributed by atoms with Crippen molar-refractivity contribution in [2.45, 2.75) is 25.5 Å². The fourth-order valence-corrected chi connectivity index (χ4v) is 1.74. The van der Waals surface area contributed by atoms with Gasteiger partial charge in [0.25, 0.3) is 5.91 Å². The van der Waals surface area contributed by atoms with Crippen LogP contribution in [0.2, 0.25) is 0 Å². The SMILES string of the molecule is Cl.NCc1ccc(C(=O)NCC(O)C2CC2)cc1. The summed E-state index contributed by atoms with van der Waals surface area (Å²) in [5.41, 5.74) is 7.08. The topological polar surface area (TPSA) is 75.4 Å². The largest absolute Gasteiger partial charge is 0.391 e. The van der Waals surface area contributed by atoms with Crippen LogP contribution in [-0.2, 0) is 6.54 Å². The van der Waals surface area contributed by atoms with E-state index in [4.69, 9.17) is 5.73 Å². The maximum atomic E-state index is 11.7. The summed E-state index contributed by atoms with van der Waals surface area (Å²) >= 11 is 0. The minimum Gasteiger partial charge on any atom is -0.391 e. The molecule has 0 aromatic heterocycles. The van der Waals surface area contributed by atoms with Crippen LogP contribution in [0.25, 0.3) is 0 Å². The average Bonchev–Trinajstić information content (AvgIpc) is 3.20. The van der Waals surface area contributed by atoms with Crippen molar-refractivity contribution in [1.29, 1.82) is 0 Å². The summed E-state index contributed by atoms with van der Waals surface area (Å²) in [5, 5.41) is 12.4. The van der Waals surface area contributed by atoms with Gasteiger partial charge in [-0.05, 0) is 36.5 Å². The van der Waals surface area contributed by atoms with Crippen LogP contribution < -0.4 is 11.1 Å². The van der Waals surface area contributed by atoms with Gasteiger partial charge in [0.15, 0.2) is 0 Å². The number of nitrogens with two attached hydrogens (primary N) is 1. The Morgan fingerprint density at radius 2 is 2.00 bits per heavy atom. The van der Waals surface area contributed by atoms with Gasteiger partial charge in [-0.2, -0.15) is 0 Å². The molecule has 0 bridgehead atoms. The lowest BCUT2D eigenvalue weighted by molar-refractivity contribution is 0.0901. The zero-order chi connectivity index (χ0) is 12.3. The Kier molecular flexibility index (Phi) is 5.59. The third kappa shape index (κ3) is 3.98. The van der Waals surface area contributed by atoms with Gasteiger partial charge in [-0.25, -0.2) is 0 Å². The molecule has 100 valence electrons. The number of benzene rings is 1. The Morgan fingerprint density at radius 1 is 1.39 bits per heavy atom. The summed E-state index contributed by atoms with van der Waals surface area (Å²) in [6.45, 7) is 0.810. The maximum Gasteiger partial charge on any atom is 0.251 e. The number of aliphatic hydroxyl groups excluding tert-OH is 1. The van der Waals surface area contributed by atoms with Gasteiger partial charge in [-0.1, -0.05) is 12.1 Å². The van der Waals surface area contributed by atoms with Crippen molar-refractivity contribution >= 4 is 18.3 Å². The van der Waals surface area contributed by atoms with E-state index in [-0.39, 0.29) is 18.3 Å². The van der Waals surface area contributed by atoms with E-state index in [1.165, 1.54) is 0 Å². The lowest BCUT2D eigenvalue weighted by Gasteiger charge is -2.10. The van der Waals surface area contributed by atoms with E-state index in [9.17, 15) is 9.90 Å². The summed E-state index contributed by atoms with van der Waals surface area (Å²) in [4.78, 5) is 11.7. The quantitative estimate of drug-likeness (QED) is 0.749. The average molecular weight is 271 g/mol. The van der Waals surface area contributed by atoms with E-state index in [0.29, 0.717) is 24.6 Å². The van der Waals surface area contributed by atoms with Gasteiger partial charge in [0, 0.05) is 18.7 Å². The molecule has 1 atom stereocenters. The fraction of sp³-hybridized carbons (Fsp3) is 0.462. The molecule has 0 heterocycles. The molecule has 18 heavy (non-hydrogen) atoms. The molecule has 1 aliphatic carbocycles. The van der Waals surface area contributed by atoms with E-state index in [2.05, 4.69) is 5.32 Å². The van der Waals surface area contributed by atoms with Gasteiger partial charge in [-0.3, -0.25) is 4.79 Å². The molecule has 1 fully saturated rings. The first-order valence-corrected chi connectivity index (χ1v) is 5.96. The van der Waals surface area contributed by atoms with Crippen LogP contribution in [0.15, 0.2) is 24.3 Å². The first-order chi connectivity index (χ1) is 8.20. The van der Waals surface area contributed by atoms with E-state index in [1.807, 2.05) is 12.1 Å². The molecule has 0 aliphatic heterocycles. The number of nitrogens with one attached hydrogen (secondary N) is 1. The number of hydrogen-bond donors (Lipinski definition) is 3. The summed E-state index contributed by atoms with van der Waals surface area (Å²) in [5.74, 6) is 0.239. The van der Waals surface area contributed by atoms with E-state index in [0.717, 1.165) is 18.4 Å². The molecule has 0 spiro atoms. The van der Waals surface area contributed by atoms with Crippen molar-refractivity contribution < 1.29 is 9.90 Å². The van der Waals surface area contributed by atoms with Crippen molar-refractivity contribution in [2.24, 2.45) is 11.7 Å². The van der Waals surface area contributed by atoms with E-state index >= 15 is 0 Å². The molecule has 1 aromatic rings. The number of aliphatic hydroxyl groups is 1. The van der Waals surface area contributed by atoms with Gasteiger partial charge in [0.2, 0.25) is 0 Å². The molecule has 1 aromatic carbocycles. The van der Waals surface area contributed by atoms with Crippen LogP contribution in [-0.4, -0.2) is 23.7 Å². The van der Waals surface area contributed by atoms with Crippen LogP contribution >= 0.6 is 12.4 Å². The van der Waals surface area contributed by atoms with Crippen LogP contribution in [0.4, 0.5) is 0 Å². The second-order valence-corrected chi connectivity index (χ2v) is 4.52. The van der Waals surface area contributed by atoms with E-state index < -0.39 is 6.10 Å². The minimum atomic E-state index is -0.401. The fourth-order valence-electron chi connectivity index (χ4n) is 1.74. The molecule has 1 unspecified atom stereocenters. The molecule has 5 heteroatoms. The maximum absolute atomic E-state index is 11.7. The highest BCUT2D eigenvalue weighted by Gasteiger charge is 2.29. The first-order valence-electron chi connectivity index (χ1n) is 5.96. The molecule has 4 N–H and O–H groups in total. The molecule has 4 nitrogen and oxygen atoms in total. The van der Waals surface area contributed by atoms with Gasteiger partial charge in [0.1, 0.15) is 0 Å². The molecule has 0 saturated heterocycles. The lowest BCUT2D eigenvalue weighted by atomic mass is 10.1. The molecule has 1 saturated carbocycles. The molecular formula is C13H19ClN2O2. The van der Waals surface area contributed by atoms with Gasteiger partial charge in [-0.15, -0.1) is 12.4 Å². The van der Waals surface area contributed by atoms with Crippen molar-refractivity contribution in [1.82, 2.24) is 5.32 Å². The first kappa shape index (κ1) is 15.0. The Hall–Kier alpha value is -1.10. The molecule has 1 amide bonds. The van der Waals surface area contributed by atoms with Crippen LogP contribution in [0, 0.1) is 5.92 Å². The number of hydrogen-bond acceptors (Lipinski definition) is 3. The monoisotopic (exact) mass is 270 g/mol. The molecule has 0 radical (unpaired) electrons. The summed E-state index contributed by atoms with van der Waals surface area (Å²) in [6, 6.07) is 7.18. The number of carbonyl (C=O) groups is 1. The Bertz CT molecular complexity index is 390. The normalized spacial score (nSPS) is 15.7. The lowest BCUT2D eigenvalue weighted by Crippen LogP contribution is -2.33. The third-order valence-electron chi connectivity index (χ3n) is 3.09. The highest BCUT2D eigenvalue weighted by molar-refractivity contribution is 5.94. The van der Waals surface area contributed by atoms with Crippen molar-refractivity contribution in [3.63, 3.8) is 0 Å². The van der Waals surface area contributed by atoms with Crippen LogP contribution in [0.5, 0.6) is 0 Å². The molecular weight excluding hydrogens is 252 g/mol. The zero-order valence-corrected chi connectivity index (χ0v) is 11.0. The highest BCUT2D eigenvalue weighted by Crippen LogP contribution is 2.32. The molecule has 1 aliphatic rings. The summed E-state index contributed by atoms with van der Waals surface area (Å²) in [6.07, 6.45) is 1.74. The number of amides is 1. The standard InChI is InChI=1S/C13H18N2O2.ClH/c14-7-9-1-3-11(4-2-9)13(17)15-8-12(16)10-5-6-10;/h1-4,10,12,16H,5-8,14H2,(H,15,17);1H. The van der Waals surface area contributed by atoms with E-state index in [1.54, 1.807) is 12.1 Å². The second-order valence-electron chi connectivity index (χ2n) is 4.52. The van der Waals surface area contributed by atoms with Gasteiger partial charge in [0.05, 0.1) is 6.10 Å². The summed E-state index contributed by atoms with van der Waals surface area (Å²) in [7, 11) is 0. The Labute approximate surface area is 113 Å². The minimum absolute atomic E-state index is 0. The Morgan fingerprint density at radius 3 is 2.50 bits per heavy atom. The number of halogens is 1. The van der Waals surface area contributed by atoms with Crippen molar-refractivity contribution in [3.8, 4) is 0 Å². The van der Waals surface area contributed by atoms with Gasteiger partial charge >= 0.3 is 0 Å². The van der Waals surface area contributed by atoms with Crippen molar-refractivity contribution in [3.05, 3.63) is 35.4 Å². The zero-order valence-electron chi connectivity index (χ0n) is 10.1. The highest BCUT2D eigenvalue weighted by atomic mass is 35.5. The van der Waals surface area contributed by atoms with Crippen molar-refractivity contribution in [2.75, 3.05) is 6.54 Å². The number of rotatable bonds is 5. The second kappa shape index (κ2) is 6.73. The molecule has 2 rings (SSSR count). The number of carbonyl (C=O) groups excluding carboxylic acids is 1. The van der Waals surface area contributed by atoms with Gasteiger partial charge < -0.3 is 16.2 Å². The smallest absolute Gasteiger partial charge is 0.251 e. The summed E-state index contributed by atoms with van der Waals surface area (Å²) < 4.78 is 0. The third-order valence-corrected chi connectivity index (χ3v) is 3.09. The Balaban J connectivity index is 0.00000162. The van der Waals surface area contributed by atoms with Crippen LogP contribution in [0.3, 0.4) is 0 Å². The predicted octanol–water partition coefficient (Wildman–Crippen LogP) is 1.07. The predicted molar refractivity (Wildman–Crippen MR) is 72.6 cm³/mol. The van der Waals surface area contributed by atoms with Crippen LogP contribution in [0.1, 0.15) is 28.8 Å².